The van der Waals surface area contributed by atoms with Gasteiger partial charge in [0.15, 0.2) is 0 Å². The monoisotopic (exact) mass is 408 g/mol. The number of ether oxygens (including phenoxy) is 1. The minimum absolute atomic E-state index is 0.0355. The maximum Gasteiger partial charge on any atom is 0.418 e. The maximum absolute atomic E-state index is 13.5. The topological polar surface area (TPSA) is 41.6 Å². The van der Waals surface area contributed by atoms with Crippen molar-refractivity contribution in [2.45, 2.75) is 45.8 Å². The molecule has 0 spiro atoms. The first-order chi connectivity index (χ1) is 13.4. The minimum Gasteiger partial charge on any atom is -0.450 e. The SMILES string of the molecule is CCOC(=O)Nc1ccc(N(C)Cc2ccc(C(C)(C)C)cc2)cc1C(F)(F)F. The van der Waals surface area contributed by atoms with Gasteiger partial charge >= 0.3 is 12.3 Å². The molecular formula is C22H27F3N2O2. The van der Waals surface area contributed by atoms with Crippen LogP contribution in [0.25, 0.3) is 0 Å². The smallest absolute Gasteiger partial charge is 0.418 e. The number of hydrogen-bond donors (Lipinski definition) is 1. The number of rotatable bonds is 5. The molecule has 1 amide bonds. The van der Waals surface area contributed by atoms with E-state index in [1.165, 1.54) is 11.6 Å². The average molecular weight is 408 g/mol. The van der Waals surface area contributed by atoms with Crippen molar-refractivity contribution < 1.29 is 22.7 Å². The van der Waals surface area contributed by atoms with Crippen LogP contribution in [0.15, 0.2) is 42.5 Å². The molecule has 0 aliphatic heterocycles. The van der Waals surface area contributed by atoms with Gasteiger partial charge in [-0.15, -0.1) is 0 Å². The molecule has 1 N–H and O–H groups in total. The van der Waals surface area contributed by atoms with E-state index in [4.69, 9.17) is 0 Å². The number of hydrogen-bond acceptors (Lipinski definition) is 3. The molecule has 0 saturated heterocycles. The van der Waals surface area contributed by atoms with E-state index in [9.17, 15) is 18.0 Å². The average Bonchev–Trinajstić information content (AvgIpc) is 2.61. The number of nitrogens with zero attached hydrogens (tertiary/aromatic N) is 1. The van der Waals surface area contributed by atoms with Crippen LogP contribution in [-0.4, -0.2) is 19.7 Å². The molecule has 0 aliphatic rings. The Kier molecular flexibility index (Phi) is 6.82. The lowest BCUT2D eigenvalue weighted by Crippen LogP contribution is -2.20. The molecule has 0 fully saturated rings. The summed E-state index contributed by atoms with van der Waals surface area (Å²) in [6.07, 6.45) is -5.53. The fourth-order valence-corrected chi connectivity index (χ4v) is 2.87. The first-order valence-corrected chi connectivity index (χ1v) is 9.37. The molecule has 29 heavy (non-hydrogen) atoms. The normalized spacial score (nSPS) is 11.9. The maximum atomic E-state index is 13.5. The summed E-state index contributed by atoms with van der Waals surface area (Å²) in [6, 6.07) is 11.9. The van der Waals surface area contributed by atoms with Crippen molar-refractivity contribution in [3.05, 3.63) is 59.2 Å². The van der Waals surface area contributed by atoms with Gasteiger partial charge in [0.25, 0.3) is 0 Å². The molecule has 0 bridgehead atoms. The summed E-state index contributed by atoms with van der Waals surface area (Å²) in [7, 11) is 1.73. The molecule has 0 unspecified atom stereocenters. The minimum atomic E-state index is -4.61. The zero-order valence-electron chi connectivity index (χ0n) is 17.4. The molecule has 4 nitrogen and oxygen atoms in total. The summed E-state index contributed by atoms with van der Waals surface area (Å²) < 4.78 is 45.2. The third kappa shape index (κ3) is 6.14. The molecule has 2 rings (SSSR count). The predicted molar refractivity (Wildman–Crippen MR) is 109 cm³/mol. The number of halogens is 3. The van der Waals surface area contributed by atoms with Crippen molar-refractivity contribution in [1.29, 1.82) is 0 Å². The summed E-state index contributed by atoms with van der Waals surface area (Å²) in [4.78, 5) is 13.3. The van der Waals surface area contributed by atoms with E-state index in [0.29, 0.717) is 12.2 Å². The Morgan fingerprint density at radius 3 is 2.21 bits per heavy atom. The van der Waals surface area contributed by atoms with Crippen molar-refractivity contribution >= 4 is 17.5 Å². The van der Waals surface area contributed by atoms with Crippen LogP contribution in [0.2, 0.25) is 0 Å². The standard InChI is InChI=1S/C22H27F3N2O2/c1-6-29-20(28)26-19-12-11-17(13-18(19)22(23,24)25)27(5)14-15-7-9-16(10-8-15)21(2,3)4/h7-13H,6,14H2,1-5H3,(H,26,28). The van der Waals surface area contributed by atoms with Crippen LogP contribution >= 0.6 is 0 Å². The first-order valence-electron chi connectivity index (χ1n) is 9.37. The van der Waals surface area contributed by atoms with Crippen LogP contribution in [0.3, 0.4) is 0 Å². The van der Waals surface area contributed by atoms with Crippen LogP contribution in [0.5, 0.6) is 0 Å². The van der Waals surface area contributed by atoms with Gasteiger partial charge in [0.05, 0.1) is 17.9 Å². The van der Waals surface area contributed by atoms with Gasteiger partial charge < -0.3 is 9.64 Å². The number of alkyl halides is 3. The highest BCUT2D eigenvalue weighted by atomic mass is 19.4. The predicted octanol–water partition coefficient (Wildman–Crippen LogP) is 6.21. The van der Waals surface area contributed by atoms with Crippen LogP contribution in [0.1, 0.15) is 44.4 Å². The molecule has 0 aliphatic carbocycles. The third-order valence-corrected chi connectivity index (χ3v) is 4.50. The van der Waals surface area contributed by atoms with Crippen LogP contribution in [0.4, 0.5) is 29.3 Å². The van der Waals surface area contributed by atoms with Gasteiger partial charge in [0.1, 0.15) is 0 Å². The highest BCUT2D eigenvalue weighted by Gasteiger charge is 2.34. The Labute approximate surface area is 169 Å². The van der Waals surface area contributed by atoms with Gasteiger partial charge in [0, 0.05) is 19.3 Å². The Bertz CT molecular complexity index is 841. The quantitative estimate of drug-likeness (QED) is 0.640. The van der Waals surface area contributed by atoms with E-state index in [1.807, 2.05) is 24.3 Å². The van der Waals surface area contributed by atoms with Crippen molar-refractivity contribution in [2.24, 2.45) is 0 Å². The first kappa shape index (κ1) is 22.6. The van der Waals surface area contributed by atoms with E-state index in [1.54, 1.807) is 24.9 Å². The zero-order valence-corrected chi connectivity index (χ0v) is 17.4. The van der Waals surface area contributed by atoms with Gasteiger partial charge in [-0.2, -0.15) is 13.2 Å². The van der Waals surface area contributed by atoms with Crippen LogP contribution < -0.4 is 10.2 Å². The number of amides is 1. The molecule has 0 aromatic heterocycles. The lowest BCUT2D eigenvalue weighted by Gasteiger charge is -2.23. The van der Waals surface area contributed by atoms with Gasteiger partial charge in [-0.05, 0) is 41.7 Å². The summed E-state index contributed by atoms with van der Waals surface area (Å²) in [5.74, 6) is 0. The summed E-state index contributed by atoms with van der Waals surface area (Å²) in [5, 5.41) is 2.15. The third-order valence-electron chi connectivity index (χ3n) is 4.50. The lowest BCUT2D eigenvalue weighted by atomic mass is 9.87. The Morgan fingerprint density at radius 1 is 1.07 bits per heavy atom. The summed E-state index contributed by atoms with van der Waals surface area (Å²) in [5.41, 5.74) is 1.36. The molecule has 2 aromatic rings. The van der Waals surface area contributed by atoms with Gasteiger partial charge in [-0.1, -0.05) is 45.0 Å². The highest BCUT2D eigenvalue weighted by Crippen LogP contribution is 2.37. The second kappa shape index (κ2) is 8.76. The second-order valence-corrected chi connectivity index (χ2v) is 7.88. The summed E-state index contributed by atoms with van der Waals surface area (Å²) >= 11 is 0. The number of benzene rings is 2. The van der Waals surface area contributed by atoms with E-state index in [-0.39, 0.29) is 17.7 Å². The fourth-order valence-electron chi connectivity index (χ4n) is 2.87. The Morgan fingerprint density at radius 2 is 1.69 bits per heavy atom. The summed E-state index contributed by atoms with van der Waals surface area (Å²) in [6.45, 7) is 8.47. The largest absolute Gasteiger partial charge is 0.450 e. The number of anilines is 2. The molecular weight excluding hydrogens is 381 g/mol. The Balaban J connectivity index is 2.24. The van der Waals surface area contributed by atoms with Gasteiger partial charge in [-0.3, -0.25) is 5.32 Å². The van der Waals surface area contributed by atoms with E-state index >= 15 is 0 Å². The van der Waals surface area contributed by atoms with Crippen molar-refractivity contribution in [3.8, 4) is 0 Å². The lowest BCUT2D eigenvalue weighted by molar-refractivity contribution is -0.136. The molecule has 0 atom stereocenters. The number of carbonyl (C=O) groups excluding carboxylic acids is 1. The van der Waals surface area contributed by atoms with Gasteiger partial charge in [-0.25, -0.2) is 4.79 Å². The number of nitrogens with one attached hydrogen (secondary N) is 1. The van der Waals surface area contributed by atoms with E-state index in [0.717, 1.165) is 11.6 Å². The number of carbonyl (C=O) groups is 1. The van der Waals surface area contributed by atoms with Crippen molar-refractivity contribution in [1.82, 2.24) is 0 Å². The van der Waals surface area contributed by atoms with Crippen LogP contribution in [0, 0.1) is 0 Å². The molecule has 2 aromatic carbocycles. The Hall–Kier alpha value is -2.70. The highest BCUT2D eigenvalue weighted by molar-refractivity contribution is 5.86. The van der Waals surface area contributed by atoms with Crippen LogP contribution in [-0.2, 0) is 22.9 Å². The van der Waals surface area contributed by atoms with Crippen molar-refractivity contribution in [2.75, 3.05) is 23.9 Å². The second-order valence-electron chi connectivity index (χ2n) is 7.88. The molecule has 0 heterocycles. The van der Waals surface area contributed by atoms with Crippen molar-refractivity contribution in [3.63, 3.8) is 0 Å². The van der Waals surface area contributed by atoms with E-state index in [2.05, 4.69) is 30.8 Å². The molecule has 0 radical (unpaired) electrons. The van der Waals surface area contributed by atoms with E-state index < -0.39 is 17.8 Å². The zero-order chi connectivity index (χ0) is 21.8. The van der Waals surface area contributed by atoms with Gasteiger partial charge in [0.2, 0.25) is 0 Å². The molecule has 0 saturated carbocycles. The molecule has 7 heteroatoms. The fraction of sp³-hybridized carbons (Fsp3) is 0.409. The molecule has 158 valence electrons.